The average Bonchev–Trinajstić information content (AvgIpc) is 2.09. The van der Waals surface area contributed by atoms with Crippen LogP contribution in [0.1, 0.15) is 40.5 Å². The third kappa shape index (κ3) is 12.5. The maximum atomic E-state index is 9.76. The van der Waals surface area contributed by atoms with Gasteiger partial charge in [0.25, 0.3) is 0 Å². The molecule has 0 radical (unpaired) electrons. The molecule has 0 fully saturated rings. The Morgan fingerprint density at radius 2 is 1.47 bits per heavy atom. The Morgan fingerprint density at radius 3 is 1.76 bits per heavy atom. The highest BCUT2D eigenvalue weighted by Gasteiger charge is 2.35. The van der Waals surface area contributed by atoms with Gasteiger partial charge in [0.05, 0.1) is 11.2 Å². The molecule has 0 heterocycles. The first-order valence-electron chi connectivity index (χ1n) is 5.56. The molecular weight excluding hydrogens is 243 g/mol. The first-order valence-corrected chi connectivity index (χ1v) is 6.19. The molecule has 0 saturated carbocycles. The predicted octanol–water partition coefficient (Wildman–Crippen LogP) is 0.211. The van der Waals surface area contributed by atoms with Crippen LogP contribution in [0, 0.1) is 0 Å². The molecule has 0 aromatic rings. The first-order chi connectivity index (χ1) is 7.54. The molecule has 4 N–H and O–H groups in total. The monoisotopic (exact) mass is 268 g/mol. The summed E-state index contributed by atoms with van der Waals surface area (Å²) in [7, 11) is -2.17. The maximum Gasteiger partial charge on any atom is 0.631 e. The van der Waals surface area contributed by atoms with E-state index in [4.69, 9.17) is 19.8 Å². The fourth-order valence-electron chi connectivity index (χ4n) is 0.718. The van der Waals surface area contributed by atoms with Gasteiger partial charge in [-0.15, -0.1) is 0 Å². The first kappa shape index (κ1) is 19.6. The summed E-state index contributed by atoms with van der Waals surface area (Å²) in [4.78, 5) is 0. The fraction of sp³-hybridized carbons (Fsp3) is 1.00. The highest BCUT2D eigenvalue weighted by atomic mass is 32.1. The molecule has 0 aliphatic heterocycles. The summed E-state index contributed by atoms with van der Waals surface area (Å²) in [6, 6.07) is 0. The predicted molar refractivity (Wildman–Crippen MR) is 71.8 cm³/mol. The summed E-state index contributed by atoms with van der Waals surface area (Å²) < 4.78 is 5.61. The van der Waals surface area contributed by atoms with E-state index in [1.165, 1.54) is 0 Å². The zero-order valence-electron chi connectivity index (χ0n) is 11.1. The number of thiol groups is 1. The van der Waals surface area contributed by atoms with E-state index in [-0.39, 0.29) is 0 Å². The molecule has 0 aromatic heterocycles. The molecule has 104 valence electrons. The molecule has 0 aromatic carbocycles. The SMILES string of the molecule is CC(C)(O)C(C)(C)OCCCCS.OB(O)O. The van der Waals surface area contributed by atoms with E-state index in [1.807, 2.05) is 13.8 Å². The number of hydrogen-bond acceptors (Lipinski definition) is 6. The van der Waals surface area contributed by atoms with Crippen molar-refractivity contribution in [3.8, 4) is 0 Å². The topological polar surface area (TPSA) is 90.2 Å². The average molecular weight is 268 g/mol. The Hall–Kier alpha value is 0.215. The molecule has 0 unspecified atom stereocenters. The van der Waals surface area contributed by atoms with Crippen molar-refractivity contribution in [2.24, 2.45) is 0 Å². The molecular formula is C10H25BO5S. The lowest BCUT2D eigenvalue weighted by molar-refractivity contribution is -0.147. The summed E-state index contributed by atoms with van der Waals surface area (Å²) in [5.74, 6) is 0.895. The molecule has 0 aliphatic rings. The Kier molecular flexibility index (Phi) is 10.6. The van der Waals surface area contributed by atoms with Gasteiger partial charge in [-0.2, -0.15) is 12.6 Å². The second-order valence-corrected chi connectivity index (χ2v) is 5.14. The molecule has 0 atom stereocenters. The van der Waals surface area contributed by atoms with E-state index in [1.54, 1.807) is 13.8 Å². The van der Waals surface area contributed by atoms with Crippen LogP contribution in [0.2, 0.25) is 0 Å². The summed E-state index contributed by atoms with van der Waals surface area (Å²) in [6.07, 6.45) is 2.06. The van der Waals surface area contributed by atoms with Crippen LogP contribution < -0.4 is 0 Å². The lowest BCUT2D eigenvalue weighted by Crippen LogP contribution is -2.47. The number of hydrogen-bond donors (Lipinski definition) is 5. The van der Waals surface area contributed by atoms with Gasteiger partial charge in [-0.1, -0.05) is 0 Å². The standard InChI is InChI=1S/C10H22O2S.BH3O3/c1-9(2,11)10(3,4)12-7-5-6-8-13;2-1(3)4/h11,13H,5-8H2,1-4H3;2-4H. The van der Waals surface area contributed by atoms with Crippen molar-refractivity contribution in [1.29, 1.82) is 0 Å². The summed E-state index contributed by atoms with van der Waals surface area (Å²) in [6.45, 7) is 8.05. The van der Waals surface area contributed by atoms with Crippen LogP contribution in [0.25, 0.3) is 0 Å². The lowest BCUT2D eigenvalue weighted by atomic mass is 9.89. The zero-order chi connectivity index (χ0) is 14.1. The molecule has 0 amide bonds. The number of rotatable bonds is 6. The minimum Gasteiger partial charge on any atom is -0.402 e. The van der Waals surface area contributed by atoms with Gasteiger partial charge >= 0.3 is 7.32 Å². The van der Waals surface area contributed by atoms with Crippen molar-refractivity contribution >= 4 is 20.0 Å². The number of aliphatic hydroxyl groups is 1. The van der Waals surface area contributed by atoms with E-state index in [0.29, 0.717) is 6.61 Å². The molecule has 5 nitrogen and oxygen atoms in total. The van der Waals surface area contributed by atoms with Gasteiger partial charge in [0.1, 0.15) is 0 Å². The van der Waals surface area contributed by atoms with Crippen molar-refractivity contribution in [2.45, 2.75) is 51.7 Å². The third-order valence-corrected chi connectivity index (χ3v) is 2.80. The lowest BCUT2D eigenvalue weighted by Gasteiger charge is -2.37. The molecule has 0 rings (SSSR count). The van der Waals surface area contributed by atoms with Crippen LogP contribution in [-0.2, 0) is 4.74 Å². The maximum absolute atomic E-state index is 9.76. The highest BCUT2D eigenvalue weighted by Crippen LogP contribution is 2.25. The Labute approximate surface area is 109 Å². The van der Waals surface area contributed by atoms with Crippen molar-refractivity contribution in [3.05, 3.63) is 0 Å². The van der Waals surface area contributed by atoms with Gasteiger partial charge in [0.15, 0.2) is 0 Å². The largest absolute Gasteiger partial charge is 0.631 e. The second kappa shape index (κ2) is 9.19. The summed E-state index contributed by atoms with van der Waals surface area (Å²) >= 11 is 4.12. The molecule has 0 spiro atoms. The number of unbranched alkanes of at least 4 members (excludes halogenated alkanes) is 1. The minimum absolute atomic E-state index is 0.483. The Balaban J connectivity index is 0. The third-order valence-electron chi connectivity index (χ3n) is 2.49. The molecule has 7 heteroatoms. The van der Waals surface area contributed by atoms with Crippen molar-refractivity contribution in [1.82, 2.24) is 0 Å². The van der Waals surface area contributed by atoms with Crippen molar-refractivity contribution in [3.63, 3.8) is 0 Å². The zero-order valence-corrected chi connectivity index (χ0v) is 11.9. The van der Waals surface area contributed by atoms with E-state index in [0.717, 1.165) is 18.6 Å². The second-order valence-electron chi connectivity index (χ2n) is 4.69. The Morgan fingerprint density at radius 1 is 1.06 bits per heavy atom. The van der Waals surface area contributed by atoms with E-state index < -0.39 is 18.5 Å². The summed E-state index contributed by atoms with van der Waals surface area (Å²) in [5.41, 5.74) is -1.28. The molecule has 17 heavy (non-hydrogen) atoms. The normalized spacial score (nSPS) is 11.8. The van der Waals surface area contributed by atoms with Gasteiger partial charge in [-0.05, 0) is 46.3 Å². The van der Waals surface area contributed by atoms with Gasteiger partial charge in [-0.3, -0.25) is 0 Å². The van der Waals surface area contributed by atoms with Gasteiger partial charge in [0.2, 0.25) is 0 Å². The van der Waals surface area contributed by atoms with E-state index in [2.05, 4.69) is 12.6 Å². The Bertz CT molecular complexity index is 179. The van der Waals surface area contributed by atoms with Gasteiger partial charge in [0, 0.05) is 6.61 Å². The van der Waals surface area contributed by atoms with Crippen LogP contribution in [0.15, 0.2) is 0 Å². The number of ether oxygens (including phenoxy) is 1. The van der Waals surface area contributed by atoms with Crippen molar-refractivity contribution < 1.29 is 24.9 Å². The molecule has 0 bridgehead atoms. The molecule has 0 aliphatic carbocycles. The van der Waals surface area contributed by atoms with E-state index in [9.17, 15) is 5.11 Å². The fourth-order valence-corrected chi connectivity index (χ4v) is 0.941. The van der Waals surface area contributed by atoms with Crippen molar-refractivity contribution in [2.75, 3.05) is 12.4 Å². The van der Waals surface area contributed by atoms with E-state index >= 15 is 0 Å². The molecule has 0 saturated heterocycles. The van der Waals surface area contributed by atoms with Crippen LogP contribution >= 0.6 is 12.6 Å². The van der Waals surface area contributed by atoms with Gasteiger partial charge < -0.3 is 24.9 Å². The quantitative estimate of drug-likeness (QED) is 0.270. The van der Waals surface area contributed by atoms with Crippen LogP contribution in [0.4, 0.5) is 0 Å². The van der Waals surface area contributed by atoms with Crippen LogP contribution in [0.5, 0.6) is 0 Å². The van der Waals surface area contributed by atoms with Crippen LogP contribution in [-0.4, -0.2) is 51.1 Å². The smallest absolute Gasteiger partial charge is 0.402 e. The summed E-state index contributed by atoms with van der Waals surface area (Å²) in [5, 5.41) is 31.3. The highest BCUT2D eigenvalue weighted by molar-refractivity contribution is 7.80. The van der Waals surface area contributed by atoms with Crippen LogP contribution in [0.3, 0.4) is 0 Å². The van der Waals surface area contributed by atoms with Gasteiger partial charge in [-0.25, -0.2) is 0 Å². The minimum atomic E-state index is -2.17.